The van der Waals surface area contributed by atoms with E-state index in [1.165, 1.54) is 15.9 Å². The summed E-state index contributed by atoms with van der Waals surface area (Å²) in [6.45, 7) is 0. The Balaban J connectivity index is 2.16. The molecule has 5 nitrogen and oxygen atoms in total. The number of benzene rings is 1. The van der Waals surface area contributed by atoms with E-state index in [-0.39, 0.29) is 5.76 Å². The minimum atomic E-state index is -0.362. The van der Waals surface area contributed by atoms with E-state index in [0.717, 1.165) is 16.1 Å². The molecule has 0 atom stereocenters. The third-order valence-electron chi connectivity index (χ3n) is 2.73. The van der Waals surface area contributed by atoms with Crippen molar-refractivity contribution in [1.82, 2.24) is 9.55 Å². The Morgan fingerprint density at radius 3 is 3.00 bits per heavy atom. The van der Waals surface area contributed by atoms with Crippen molar-refractivity contribution in [3.63, 3.8) is 0 Å². The summed E-state index contributed by atoms with van der Waals surface area (Å²) < 4.78 is 11.7. The molecule has 18 heavy (non-hydrogen) atoms. The standard InChI is InChI=1S/C12H10N2O3S/c1-14-8-4-3-7(5-9(8)17-12(14)15)11-13-10(16-2)6-18-11/h3-6H,1-2H3. The summed E-state index contributed by atoms with van der Waals surface area (Å²) in [5, 5.41) is 2.67. The second-order valence-corrected chi connectivity index (χ2v) is 4.66. The zero-order valence-electron chi connectivity index (χ0n) is 9.84. The minimum Gasteiger partial charge on any atom is -0.480 e. The van der Waals surface area contributed by atoms with Gasteiger partial charge in [0.25, 0.3) is 0 Å². The number of aromatic nitrogens is 2. The van der Waals surface area contributed by atoms with E-state index in [1.807, 2.05) is 23.6 Å². The van der Waals surface area contributed by atoms with Crippen molar-refractivity contribution in [3.05, 3.63) is 34.1 Å². The van der Waals surface area contributed by atoms with Crippen LogP contribution in [0.1, 0.15) is 0 Å². The maximum Gasteiger partial charge on any atom is 0.419 e. The third kappa shape index (κ3) is 1.62. The minimum absolute atomic E-state index is 0.362. The highest BCUT2D eigenvalue weighted by atomic mass is 32.1. The van der Waals surface area contributed by atoms with Crippen molar-refractivity contribution >= 4 is 22.4 Å². The molecule has 3 rings (SSSR count). The van der Waals surface area contributed by atoms with Crippen LogP contribution in [0.15, 0.2) is 32.8 Å². The summed E-state index contributed by atoms with van der Waals surface area (Å²) in [4.78, 5) is 15.7. The summed E-state index contributed by atoms with van der Waals surface area (Å²) in [6.07, 6.45) is 0. The quantitative estimate of drug-likeness (QED) is 0.711. The first kappa shape index (κ1) is 11.0. The molecule has 1 aromatic carbocycles. The van der Waals surface area contributed by atoms with Gasteiger partial charge < -0.3 is 9.15 Å². The average Bonchev–Trinajstić information content (AvgIpc) is 2.95. The highest BCUT2D eigenvalue weighted by Gasteiger charge is 2.10. The smallest absolute Gasteiger partial charge is 0.419 e. The van der Waals surface area contributed by atoms with Crippen LogP contribution in [0.25, 0.3) is 21.7 Å². The number of nitrogens with zero attached hydrogens (tertiary/aromatic N) is 2. The number of aryl methyl sites for hydroxylation is 1. The molecule has 2 heterocycles. The Kier molecular flexibility index (Phi) is 2.45. The fraction of sp³-hybridized carbons (Fsp3) is 0.167. The predicted molar refractivity (Wildman–Crippen MR) is 69.1 cm³/mol. The van der Waals surface area contributed by atoms with Crippen molar-refractivity contribution < 1.29 is 9.15 Å². The molecule has 3 aromatic rings. The SMILES string of the molecule is COc1csc(-c2ccc3c(c2)oc(=O)n3C)n1. The lowest BCUT2D eigenvalue weighted by atomic mass is 10.2. The maximum absolute atomic E-state index is 11.4. The van der Waals surface area contributed by atoms with Gasteiger partial charge >= 0.3 is 5.76 Å². The number of oxazole rings is 1. The molecule has 0 fully saturated rings. The molecule has 0 radical (unpaired) electrons. The maximum atomic E-state index is 11.4. The van der Waals surface area contributed by atoms with Crippen LogP contribution in [0.3, 0.4) is 0 Å². The fourth-order valence-corrected chi connectivity index (χ4v) is 2.52. The Morgan fingerprint density at radius 1 is 1.44 bits per heavy atom. The van der Waals surface area contributed by atoms with Gasteiger partial charge in [-0.15, -0.1) is 11.3 Å². The van der Waals surface area contributed by atoms with Gasteiger partial charge in [0.2, 0.25) is 5.88 Å². The molecule has 0 amide bonds. The molecule has 0 N–H and O–H groups in total. The molecule has 0 aliphatic rings. The summed E-state index contributed by atoms with van der Waals surface area (Å²) in [5.41, 5.74) is 2.24. The summed E-state index contributed by atoms with van der Waals surface area (Å²) >= 11 is 1.48. The molecule has 92 valence electrons. The van der Waals surface area contributed by atoms with Gasteiger partial charge in [-0.25, -0.2) is 9.78 Å². The highest BCUT2D eigenvalue weighted by molar-refractivity contribution is 7.13. The number of hydrogen-bond donors (Lipinski definition) is 0. The second-order valence-electron chi connectivity index (χ2n) is 3.80. The molecular weight excluding hydrogens is 252 g/mol. The van der Waals surface area contributed by atoms with Crippen LogP contribution in [-0.2, 0) is 7.05 Å². The van der Waals surface area contributed by atoms with Crippen LogP contribution in [0.2, 0.25) is 0 Å². The Labute approximate surface area is 106 Å². The number of methoxy groups -OCH3 is 1. The lowest BCUT2D eigenvalue weighted by Gasteiger charge is -1.96. The van der Waals surface area contributed by atoms with Gasteiger partial charge in [0.1, 0.15) is 5.01 Å². The van der Waals surface area contributed by atoms with Crippen molar-refractivity contribution in [2.75, 3.05) is 7.11 Å². The Morgan fingerprint density at radius 2 is 2.28 bits per heavy atom. The molecule has 0 unspecified atom stereocenters. The monoisotopic (exact) mass is 262 g/mol. The molecule has 6 heteroatoms. The van der Waals surface area contributed by atoms with E-state index in [0.29, 0.717) is 11.5 Å². The first-order valence-electron chi connectivity index (χ1n) is 5.28. The van der Waals surface area contributed by atoms with E-state index >= 15 is 0 Å². The Hall–Kier alpha value is -2.08. The van der Waals surface area contributed by atoms with Gasteiger partial charge in [-0.2, -0.15) is 0 Å². The lowest BCUT2D eigenvalue weighted by molar-refractivity contribution is 0.401. The zero-order valence-corrected chi connectivity index (χ0v) is 10.7. The van der Waals surface area contributed by atoms with E-state index in [2.05, 4.69) is 4.98 Å². The van der Waals surface area contributed by atoms with Gasteiger partial charge in [-0.3, -0.25) is 4.57 Å². The van der Waals surface area contributed by atoms with Crippen molar-refractivity contribution in [1.29, 1.82) is 0 Å². The number of ether oxygens (including phenoxy) is 1. The molecular formula is C12H10N2O3S. The van der Waals surface area contributed by atoms with E-state index < -0.39 is 0 Å². The van der Waals surface area contributed by atoms with Gasteiger partial charge in [0, 0.05) is 12.6 Å². The summed E-state index contributed by atoms with van der Waals surface area (Å²) in [6, 6.07) is 5.58. The molecule has 0 bridgehead atoms. The number of rotatable bonds is 2. The largest absolute Gasteiger partial charge is 0.480 e. The number of hydrogen-bond acceptors (Lipinski definition) is 5. The first-order valence-corrected chi connectivity index (χ1v) is 6.16. The van der Waals surface area contributed by atoms with Crippen LogP contribution in [0, 0.1) is 0 Å². The van der Waals surface area contributed by atoms with E-state index in [9.17, 15) is 4.79 Å². The molecule has 0 spiro atoms. The van der Waals surface area contributed by atoms with Crippen molar-refractivity contribution in [2.45, 2.75) is 0 Å². The normalized spacial score (nSPS) is 11.0. The summed E-state index contributed by atoms with van der Waals surface area (Å²) in [7, 11) is 3.26. The van der Waals surface area contributed by atoms with Crippen LogP contribution >= 0.6 is 11.3 Å². The summed E-state index contributed by atoms with van der Waals surface area (Å²) in [5.74, 6) is 0.225. The second kappa shape index (κ2) is 3.99. The van der Waals surface area contributed by atoms with Crippen LogP contribution < -0.4 is 10.5 Å². The van der Waals surface area contributed by atoms with Crippen LogP contribution in [0.4, 0.5) is 0 Å². The predicted octanol–water partition coefficient (Wildman–Crippen LogP) is 2.26. The van der Waals surface area contributed by atoms with Gasteiger partial charge in [-0.05, 0) is 18.2 Å². The molecule has 0 aliphatic heterocycles. The molecule has 0 saturated heterocycles. The number of fused-ring (bicyclic) bond motifs is 1. The average molecular weight is 262 g/mol. The molecule has 2 aromatic heterocycles. The molecule has 0 aliphatic carbocycles. The third-order valence-corrected chi connectivity index (χ3v) is 3.60. The number of thiazole rings is 1. The van der Waals surface area contributed by atoms with Crippen LogP contribution in [-0.4, -0.2) is 16.7 Å². The van der Waals surface area contributed by atoms with Crippen LogP contribution in [0.5, 0.6) is 5.88 Å². The lowest BCUT2D eigenvalue weighted by Crippen LogP contribution is -2.08. The van der Waals surface area contributed by atoms with Gasteiger partial charge in [-0.1, -0.05) is 0 Å². The van der Waals surface area contributed by atoms with E-state index in [4.69, 9.17) is 9.15 Å². The molecule has 0 saturated carbocycles. The van der Waals surface area contributed by atoms with Crippen molar-refractivity contribution in [3.8, 4) is 16.5 Å². The zero-order chi connectivity index (χ0) is 12.7. The fourth-order valence-electron chi connectivity index (χ4n) is 1.75. The van der Waals surface area contributed by atoms with Gasteiger partial charge in [0.15, 0.2) is 5.58 Å². The van der Waals surface area contributed by atoms with E-state index in [1.54, 1.807) is 14.2 Å². The van der Waals surface area contributed by atoms with Gasteiger partial charge in [0.05, 0.1) is 18.0 Å². The highest BCUT2D eigenvalue weighted by Crippen LogP contribution is 2.28. The first-order chi connectivity index (χ1) is 8.69. The Bertz CT molecular complexity index is 769. The topological polar surface area (TPSA) is 57.3 Å². The van der Waals surface area contributed by atoms with Crippen molar-refractivity contribution in [2.24, 2.45) is 7.05 Å².